The molecule has 1 aromatic heterocycles. The quantitative estimate of drug-likeness (QED) is 0.400. The van der Waals surface area contributed by atoms with Crippen molar-refractivity contribution < 1.29 is 19.1 Å². The molecule has 0 atom stereocenters. The second-order valence-corrected chi connectivity index (χ2v) is 7.50. The number of esters is 1. The summed E-state index contributed by atoms with van der Waals surface area (Å²) in [5.74, 6) is -1.23. The van der Waals surface area contributed by atoms with Crippen LogP contribution in [0.25, 0.3) is 11.8 Å². The van der Waals surface area contributed by atoms with Crippen LogP contribution in [0.3, 0.4) is 0 Å². The summed E-state index contributed by atoms with van der Waals surface area (Å²) >= 11 is 0. The Bertz CT molecular complexity index is 1200. The molecular weight excluding hydrogens is 424 g/mol. The Hall–Kier alpha value is -4.34. The van der Waals surface area contributed by atoms with Gasteiger partial charge in [0, 0.05) is 6.04 Å². The predicted molar refractivity (Wildman–Crippen MR) is 120 cm³/mol. The topological polar surface area (TPSA) is 128 Å². The first-order valence-electron chi connectivity index (χ1n) is 10.4. The highest BCUT2D eigenvalue weighted by atomic mass is 16.5. The van der Waals surface area contributed by atoms with E-state index >= 15 is 0 Å². The summed E-state index contributed by atoms with van der Waals surface area (Å²) in [5.41, 5.74) is 1.48. The van der Waals surface area contributed by atoms with Gasteiger partial charge in [-0.2, -0.15) is 4.68 Å². The molecule has 1 saturated carbocycles. The average Bonchev–Trinajstić information content (AvgIpc) is 3.54. The average molecular weight is 446 g/mol. The fourth-order valence-electron chi connectivity index (χ4n) is 3.04. The largest absolute Gasteiger partial charge is 0.451 e. The lowest BCUT2D eigenvalue weighted by molar-refractivity contribution is -0.141. The number of carbonyl (C=O) groups is 3. The summed E-state index contributed by atoms with van der Waals surface area (Å²) in [4.78, 5) is 37.7. The molecule has 0 spiro atoms. The number of rotatable bonds is 8. The van der Waals surface area contributed by atoms with Crippen molar-refractivity contribution in [2.45, 2.75) is 25.8 Å². The minimum Gasteiger partial charge on any atom is -0.451 e. The zero-order valence-corrected chi connectivity index (χ0v) is 17.9. The molecule has 3 aromatic rings. The van der Waals surface area contributed by atoms with E-state index in [9.17, 15) is 14.4 Å². The Morgan fingerprint density at radius 3 is 2.52 bits per heavy atom. The number of para-hydroxylation sites is 1. The highest BCUT2D eigenvalue weighted by molar-refractivity contribution is 6.16. The SMILES string of the molecule is Cc1nnnn1/C(=C\c1ccccc1)C(=O)OCC(=O)Nc1ccccc1C(=O)NC1CC1. The van der Waals surface area contributed by atoms with Crippen LogP contribution in [0.2, 0.25) is 0 Å². The van der Waals surface area contributed by atoms with Crippen LogP contribution in [0.5, 0.6) is 0 Å². The number of aromatic nitrogens is 4. The molecule has 10 heteroatoms. The van der Waals surface area contributed by atoms with Crippen LogP contribution in [-0.2, 0) is 14.3 Å². The zero-order chi connectivity index (χ0) is 23.2. The van der Waals surface area contributed by atoms with E-state index in [1.807, 2.05) is 30.3 Å². The lowest BCUT2D eigenvalue weighted by atomic mass is 10.1. The fourth-order valence-corrected chi connectivity index (χ4v) is 3.04. The summed E-state index contributed by atoms with van der Waals surface area (Å²) in [5, 5.41) is 16.7. The fraction of sp³-hybridized carbons (Fsp3) is 0.217. The van der Waals surface area contributed by atoms with Crippen molar-refractivity contribution >= 4 is 35.2 Å². The van der Waals surface area contributed by atoms with Crippen molar-refractivity contribution in [2.75, 3.05) is 11.9 Å². The summed E-state index contributed by atoms with van der Waals surface area (Å²) in [6.45, 7) is 1.09. The maximum absolute atomic E-state index is 12.8. The van der Waals surface area contributed by atoms with Crippen LogP contribution in [0.4, 0.5) is 5.69 Å². The molecule has 0 bridgehead atoms. The van der Waals surface area contributed by atoms with Crippen molar-refractivity contribution in [1.29, 1.82) is 0 Å². The normalized spacial score (nSPS) is 13.3. The highest BCUT2D eigenvalue weighted by Gasteiger charge is 2.25. The predicted octanol–water partition coefficient (Wildman–Crippen LogP) is 2.05. The first-order chi connectivity index (χ1) is 16.0. The third kappa shape index (κ3) is 5.67. The van der Waals surface area contributed by atoms with E-state index < -0.39 is 18.5 Å². The van der Waals surface area contributed by atoms with E-state index in [1.165, 1.54) is 4.68 Å². The summed E-state index contributed by atoms with van der Waals surface area (Å²) in [7, 11) is 0. The number of nitrogens with zero attached hydrogens (tertiary/aromatic N) is 4. The number of ether oxygens (including phenoxy) is 1. The van der Waals surface area contributed by atoms with Crippen molar-refractivity contribution in [1.82, 2.24) is 25.5 Å². The van der Waals surface area contributed by atoms with Crippen molar-refractivity contribution in [2.24, 2.45) is 0 Å². The zero-order valence-electron chi connectivity index (χ0n) is 17.9. The number of nitrogens with one attached hydrogen (secondary N) is 2. The molecule has 0 saturated heterocycles. The Balaban J connectivity index is 1.44. The van der Waals surface area contributed by atoms with Gasteiger partial charge in [0.25, 0.3) is 11.8 Å². The van der Waals surface area contributed by atoms with Crippen molar-refractivity contribution in [3.63, 3.8) is 0 Å². The second-order valence-electron chi connectivity index (χ2n) is 7.50. The Morgan fingerprint density at radius 1 is 1.09 bits per heavy atom. The molecule has 1 fully saturated rings. The summed E-state index contributed by atoms with van der Waals surface area (Å²) < 4.78 is 6.47. The van der Waals surface area contributed by atoms with Gasteiger partial charge in [-0.3, -0.25) is 9.59 Å². The summed E-state index contributed by atoms with van der Waals surface area (Å²) in [6.07, 6.45) is 3.48. The molecule has 1 heterocycles. The van der Waals surface area contributed by atoms with Gasteiger partial charge >= 0.3 is 5.97 Å². The maximum Gasteiger partial charge on any atom is 0.357 e. The molecule has 10 nitrogen and oxygen atoms in total. The minimum absolute atomic E-state index is 0.0562. The number of tetrazole rings is 1. The Kier molecular flexibility index (Phi) is 6.53. The van der Waals surface area contributed by atoms with Crippen LogP contribution >= 0.6 is 0 Å². The van der Waals surface area contributed by atoms with E-state index in [4.69, 9.17) is 4.74 Å². The smallest absolute Gasteiger partial charge is 0.357 e. The molecule has 0 radical (unpaired) electrons. The molecule has 4 rings (SSSR count). The van der Waals surface area contributed by atoms with Gasteiger partial charge in [-0.25, -0.2) is 4.79 Å². The molecule has 1 aliphatic carbocycles. The number of hydrogen-bond donors (Lipinski definition) is 2. The number of benzene rings is 2. The van der Waals surface area contributed by atoms with Gasteiger partial charge in [-0.15, -0.1) is 5.10 Å². The lowest BCUT2D eigenvalue weighted by Crippen LogP contribution is -2.28. The molecule has 1 aliphatic rings. The van der Waals surface area contributed by atoms with E-state index in [0.29, 0.717) is 17.1 Å². The monoisotopic (exact) mass is 446 g/mol. The first-order valence-corrected chi connectivity index (χ1v) is 10.4. The lowest BCUT2D eigenvalue weighted by Gasteiger charge is -2.12. The summed E-state index contributed by atoms with van der Waals surface area (Å²) in [6, 6.07) is 16.0. The molecule has 33 heavy (non-hydrogen) atoms. The molecule has 2 amide bonds. The van der Waals surface area contributed by atoms with Gasteiger partial charge in [0.2, 0.25) is 0 Å². The molecule has 2 aromatic carbocycles. The van der Waals surface area contributed by atoms with Gasteiger partial charge in [0.1, 0.15) is 0 Å². The number of anilines is 1. The molecular formula is C23H22N6O4. The highest BCUT2D eigenvalue weighted by Crippen LogP contribution is 2.21. The van der Waals surface area contributed by atoms with Crippen LogP contribution in [0.1, 0.15) is 34.6 Å². The molecule has 0 aliphatic heterocycles. The Labute approximate surface area is 189 Å². The van der Waals surface area contributed by atoms with Crippen molar-refractivity contribution in [3.05, 3.63) is 71.5 Å². The van der Waals surface area contributed by atoms with Crippen LogP contribution in [-0.4, -0.2) is 50.6 Å². The Morgan fingerprint density at radius 2 is 1.82 bits per heavy atom. The molecule has 0 unspecified atom stereocenters. The maximum atomic E-state index is 12.8. The van der Waals surface area contributed by atoms with Crippen LogP contribution < -0.4 is 10.6 Å². The van der Waals surface area contributed by atoms with Gasteiger partial charge in [-0.1, -0.05) is 42.5 Å². The number of aryl methyl sites for hydroxylation is 1. The van der Waals surface area contributed by atoms with Gasteiger partial charge < -0.3 is 15.4 Å². The van der Waals surface area contributed by atoms with Gasteiger partial charge in [-0.05, 0) is 54.0 Å². The number of amides is 2. The van der Waals surface area contributed by atoms with Crippen LogP contribution in [0, 0.1) is 6.92 Å². The van der Waals surface area contributed by atoms with Gasteiger partial charge in [0.05, 0.1) is 11.3 Å². The third-order valence-corrected chi connectivity index (χ3v) is 4.86. The minimum atomic E-state index is -0.774. The number of carbonyl (C=O) groups excluding carboxylic acids is 3. The number of hydrogen-bond acceptors (Lipinski definition) is 7. The standard InChI is InChI=1S/C23H22N6O4/c1-15-26-27-28-29(15)20(13-16-7-3-2-4-8-16)23(32)33-14-21(30)25-19-10-6-5-9-18(19)22(31)24-17-11-12-17/h2-10,13,17H,11-12,14H2,1H3,(H,24,31)(H,25,30)/b20-13-. The van der Waals surface area contributed by atoms with E-state index in [2.05, 4.69) is 26.2 Å². The van der Waals surface area contributed by atoms with Crippen LogP contribution in [0.15, 0.2) is 54.6 Å². The molecule has 168 valence electrons. The molecule has 2 N–H and O–H groups in total. The van der Waals surface area contributed by atoms with E-state index in [-0.39, 0.29) is 17.6 Å². The first kappa shape index (κ1) is 21.9. The van der Waals surface area contributed by atoms with E-state index in [0.717, 1.165) is 18.4 Å². The third-order valence-electron chi connectivity index (χ3n) is 4.86. The van der Waals surface area contributed by atoms with E-state index in [1.54, 1.807) is 37.3 Å². The van der Waals surface area contributed by atoms with Gasteiger partial charge in [0.15, 0.2) is 18.1 Å². The second kappa shape index (κ2) is 9.86. The van der Waals surface area contributed by atoms with Crippen molar-refractivity contribution in [3.8, 4) is 0 Å².